The van der Waals surface area contributed by atoms with Crippen molar-refractivity contribution >= 4 is 15.9 Å². The fourth-order valence-electron chi connectivity index (χ4n) is 0.717. The molecule has 1 rings (SSSR count). The average molecular weight is 231 g/mol. The second-order valence-corrected chi connectivity index (χ2v) is 3.19. The predicted octanol–water partition coefficient (Wildman–Crippen LogP) is 2.42. The zero-order chi connectivity index (χ0) is 8.81. The molecule has 0 saturated heterocycles. The van der Waals surface area contributed by atoms with Crippen LogP contribution in [0.25, 0.3) is 0 Å². The van der Waals surface area contributed by atoms with Crippen LogP contribution in [0.4, 0.5) is 0 Å². The van der Waals surface area contributed by atoms with Gasteiger partial charge in [0.25, 0.3) is 0 Å². The van der Waals surface area contributed by atoms with Crippen LogP contribution >= 0.6 is 15.9 Å². The maximum Gasteiger partial charge on any atom is 0.217 e. The van der Waals surface area contributed by atoms with E-state index in [0.717, 1.165) is 24.1 Å². The van der Waals surface area contributed by atoms with Crippen molar-refractivity contribution in [1.29, 1.82) is 0 Å². The van der Waals surface area contributed by atoms with Crippen LogP contribution in [-0.2, 0) is 0 Å². The normalized spacial score (nSPS) is 9.83. The molecule has 1 heterocycles. The number of nitrogens with zero attached hydrogens (tertiary/aromatic N) is 2. The first-order valence-electron chi connectivity index (χ1n) is 3.93. The van der Waals surface area contributed by atoms with Crippen molar-refractivity contribution in [2.24, 2.45) is 0 Å². The zero-order valence-electron chi connectivity index (χ0n) is 6.96. The largest absolute Gasteiger partial charge is 0.478 e. The van der Waals surface area contributed by atoms with Gasteiger partial charge in [0.05, 0.1) is 6.61 Å². The Hall–Kier alpha value is -0.640. The van der Waals surface area contributed by atoms with Crippen molar-refractivity contribution in [2.45, 2.75) is 19.8 Å². The molecule has 0 unspecified atom stereocenters. The molecule has 12 heavy (non-hydrogen) atoms. The van der Waals surface area contributed by atoms with E-state index in [9.17, 15) is 0 Å². The quantitative estimate of drug-likeness (QED) is 0.589. The SMILES string of the molecule is CCCCOc1cc(Br)ncn1. The molecule has 3 nitrogen and oxygen atoms in total. The molecule has 0 N–H and O–H groups in total. The topological polar surface area (TPSA) is 35.0 Å². The standard InChI is InChI=1S/C8H11BrN2O/c1-2-3-4-12-8-5-7(9)10-6-11-8/h5-6H,2-4H2,1H3. The van der Waals surface area contributed by atoms with E-state index < -0.39 is 0 Å². The summed E-state index contributed by atoms with van der Waals surface area (Å²) in [7, 11) is 0. The van der Waals surface area contributed by atoms with E-state index in [4.69, 9.17) is 4.74 Å². The van der Waals surface area contributed by atoms with Crippen LogP contribution in [0, 0.1) is 0 Å². The Labute approximate surface area is 80.3 Å². The Morgan fingerprint density at radius 3 is 3.00 bits per heavy atom. The lowest BCUT2D eigenvalue weighted by Gasteiger charge is -2.02. The molecule has 1 aromatic heterocycles. The number of ether oxygens (including phenoxy) is 1. The van der Waals surface area contributed by atoms with E-state index in [-0.39, 0.29) is 0 Å². The third-order valence-corrected chi connectivity index (χ3v) is 1.79. The van der Waals surface area contributed by atoms with Crippen molar-refractivity contribution in [3.05, 3.63) is 17.0 Å². The summed E-state index contributed by atoms with van der Waals surface area (Å²) in [6.07, 6.45) is 3.67. The molecule has 0 aliphatic heterocycles. The maximum absolute atomic E-state index is 5.35. The fraction of sp³-hybridized carbons (Fsp3) is 0.500. The van der Waals surface area contributed by atoms with Gasteiger partial charge in [0.2, 0.25) is 5.88 Å². The van der Waals surface area contributed by atoms with Crippen LogP contribution in [0.1, 0.15) is 19.8 Å². The first kappa shape index (κ1) is 9.45. The van der Waals surface area contributed by atoms with Crippen molar-refractivity contribution < 1.29 is 4.74 Å². The van der Waals surface area contributed by atoms with E-state index in [1.54, 1.807) is 6.07 Å². The minimum atomic E-state index is 0.630. The average Bonchev–Trinajstić information content (AvgIpc) is 2.05. The second-order valence-electron chi connectivity index (χ2n) is 2.38. The summed E-state index contributed by atoms with van der Waals surface area (Å²) < 4.78 is 6.10. The minimum Gasteiger partial charge on any atom is -0.478 e. The highest BCUT2D eigenvalue weighted by Crippen LogP contribution is 2.11. The van der Waals surface area contributed by atoms with Crippen molar-refractivity contribution in [3.63, 3.8) is 0 Å². The van der Waals surface area contributed by atoms with E-state index in [1.807, 2.05) is 0 Å². The van der Waals surface area contributed by atoms with Gasteiger partial charge in [-0.05, 0) is 22.4 Å². The van der Waals surface area contributed by atoms with Gasteiger partial charge in [-0.1, -0.05) is 13.3 Å². The van der Waals surface area contributed by atoms with Gasteiger partial charge in [0.1, 0.15) is 10.9 Å². The number of rotatable bonds is 4. The highest BCUT2D eigenvalue weighted by Gasteiger charge is 1.95. The van der Waals surface area contributed by atoms with Gasteiger partial charge in [0, 0.05) is 6.07 Å². The van der Waals surface area contributed by atoms with Crippen molar-refractivity contribution in [3.8, 4) is 5.88 Å². The molecule has 0 fully saturated rings. The molecule has 0 amide bonds. The Morgan fingerprint density at radius 2 is 2.33 bits per heavy atom. The molecule has 0 radical (unpaired) electrons. The third-order valence-electron chi connectivity index (χ3n) is 1.36. The molecule has 0 aromatic carbocycles. The molecular weight excluding hydrogens is 220 g/mol. The molecule has 66 valence electrons. The summed E-state index contributed by atoms with van der Waals surface area (Å²) in [5.74, 6) is 0.630. The van der Waals surface area contributed by atoms with Gasteiger partial charge < -0.3 is 4.74 Å². The van der Waals surface area contributed by atoms with Crippen LogP contribution < -0.4 is 4.74 Å². The fourth-order valence-corrected chi connectivity index (χ4v) is 1.00. The van der Waals surface area contributed by atoms with Crippen LogP contribution in [0.5, 0.6) is 5.88 Å². The first-order valence-corrected chi connectivity index (χ1v) is 4.72. The van der Waals surface area contributed by atoms with E-state index in [2.05, 4.69) is 32.8 Å². The van der Waals surface area contributed by atoms with E-state index in [1.165, 1.54) is 6.33 Å². The summed E-state index contributed by atoms with van der Waals surface area (Å²) in [4.78, 5) is 7.84. The summed E-state index contributed by atoms with van der Waals surface area (Å²) in [5.41, 5.74) is 0. The molecule has 1 aromatic rings. The van der Waals surface area contributed by atoms with Crippen molar-refractivity contribution in [1.82, 2.24) is 9.97 Å². The molecule has 0 aliphatic rings. The van der Waals surface area contributed by atoms with Crippen molar-refractivity contribution in [2.75, 3.05) is 6.61 Å². The van der Waals surface area contributed by atoms with Gasteiger partial charge >= 0.3 is 0 Å². The Balaban J connectivity index is 2.41. The lowest BCUT2D eigenvalue weighted by atomic mass is 10.4. The van der Waals surface area contributed by atoms with Gasteiger partial charge in [-0.15, -0.1) is 0 Å². The molecule has 0 aliphatic carbocycles. The Bertz CT molecular complexity index is 242. The zero-order valence-corrected chi connectivity index (χ0v) is 8.54. The van der Waals surface area contributed by atoms with Gasteiger partial charge in [-0.25, -0.2) is 9.97 Å². The Kier molecular flexibility index (Phi) is 4.00. The van der Waals surface area contributed by atoms with E-state index >= 15 is 0 Å². The number of hydrogen-bond acceptors (Lipinski definition) is 3. The molecule has 0 spiro atoms. The number of halogens is 1. The molecule has 4 heteroatoms. The number of hydrogen-bond donors (Lipinski definition) is 0. The summed E-state index contributed by atoms with van der Waals surface area (Å²) in [6, 6.07) is 1.76. The summed E-state index contributed by atoms with van der Waals surface area (Å²) in [6.45, 7) is 2.85. The molecule has 0 bridgehead atoms. The van der Waals surface area contributed by atoms with Crippen LogP contribution in [-0.4, -0.2) is 16.6 Å². The second kappa shape index (κ2) is 5.09. The lowest BCUT2D eigenvalue weighted by Crippen LogP contribution is -1.98. The Morgan fingerprint density at radius 1 is 1.50 bits per heavy atom. The first-order chi connectivity index (χ1) is 5.83. The monoisotopic (exact) mass is 230 g/mol. The van der Waals surface area contributed by atoms with Crippen LogP contribution in [0.15, 0.2) is 17.0 Å². The summed E-state index contributed by atoms with van der Waals surface area (Å²) >= 11 is 3.24. The number of unbranched alkanes of at least 4 members (excludes halogenated alkanes) is 1. The van der Waals surface area contributed by atoms with E-state index in [0.29, 0.717) is 5.88 Å². The highest BCUT2D eigenvalue weighted by atomic mass is 79.9. The van der Waals surface area contributed by atoms with Crippen LogP contribution in [0.3, 0.4) is 0 Å². The molecular formula is C8H11BrN2O. The predicted molar refractivity (Wildman–Crippen MR) is 50.1 cm³/mol. The molecule has 0 saturated carbocycles. The molecule has 0 atom stereocenters. The van der Waals surface area contributed by atoms with Gasteiger partial charge in [-0.2, -0.15) is 0 Å². The summed E-state index contributed by atoms with van der Waals surface area (Å²) in [5, 5.41) is 0. The number of aromatic nitrogens is 2. The lowest BCUT2D eigenvalue weighted by molar-refractivity contribution is 0.297. The highest BCUT2D eigenvalue weighted by molar-refractivity contribution is 9.10. The smallest absolute Gasteiger partial charge is 0.217 e. The van der Waals surface area contributed by atoms with Crippen LogP contribution in [0.2, 0.25) is 0 Å². The van der Waals surface area contributed by atoms with Gasteiger partial charge in [-0.3, -0.25) is 0 Å². The maximum atomic E-state index is 5.35. The minimum absolute atomic E-state index is 0.630. The third kappa shape index (κ3) is 3.17. The van der Waals surface area contributed by atoms with Gasteiger partial charge in [0.15, 0.2) is 0 Å².